The van der Waals surface area contributed by atoms with Gasteiger partial charge in [-0.25, -0.2) is 0 Å². The van der Waals surface area contributed by atoms with Crippen LogP contribution in [0, 0.1) is 5.92 Å². The Hall–Kier alpha value is -1.02. The Labute approximate surface area is 129 Å². The zero-order chi connectivity index (χ0) is 14.3. The zero-order valence-electron chi connectivity index (χ0n) is 13.3. The molecule has 0 saturated heterocycles. The van der Waals surface area contributed by atoms with Crippen LogP contribution in [0.4, 0.5) is 5.69 Å². The van der Waals surface area contributed by atoms with Crippen molar-refractivity contribution >= 4 is 5.69 Å². The summed E-state index contributed by atoms with van der Waals surface area (Å²) in [5.74, 6) is 0.940. The minimum Gasteiger partial charge on any atom is -0.370 e. The Morgan fingerprint density at radius 1 is 1.00 bits per heavy atom. The number of benzene rings is 1. The van der Waals surface area contributed by atoms with E-state index < -0.39 is 0 Å². The first kappa shape index (κ1) is 14.9. The molecule has 2 nitrogen and oxygen atoms in total. The topological polar surface area (TPSA) is 15.3 Å². The van der Waals surface area contributed by atoms with Gasteiger partial charge in [-0.2, -0.15) is 0 Å². The highest BCUT2D eigenvalue weighted by atomic mass is 15.1. The van der Waals surface area contributed by atoms with Crippen molar-refractivity contribution in [3.8, 4) is 0 Å². The predicted molar refractivity (Wildman–Crippen MR) is 91.0 cm³/mol. The number of hydrogen-bond acceptors (Lipinski definition) is 2. The molecule has 21 heavy (non-hydrogen) atoms. The maximum Gasteiger partial charge on any atom is 0.0399 e. The molecule has 1 aromatic carbocycles. The van der Waals surface area contributed by atoms with Gasteiger partial charge >= 0.3 is 0 Å². The van der Waals surface area contributed by atoms with Gasteiger partial charge in [0.15, 0.2) is 0 Å². The summed E-state index contributed by atoms with van der Waals surface area (Å²) in [6, 6.07) is 8.99. The van der Waals surface area contributed by atoms with Gasteiger partial charge in [0.1, 0.15) is 0 Å². The minimum atomic E-state index is 0.940. The van der Waals surface area contributed by atoms with E-state index in [4.69, 9.17) is 0 Å². The number of fused-ring (bicyclic) bond motifs is 1. The van der Waals surface area contributed by atoms with Crippen molar-refractivity contribution < 1.29 is 0 Å². The molecule has 1 N–H and O–H groups in total. The molecule has 1 heterocycles. The average molecular weight is 286 g/mol. The van der Waals surface area contributed by atoms with Gasteiger partial charge in [-0.3, -0.25) is 0 Å². The van der Waals surface area contributed by atoms with Crippen LogP contribution in [0.15, 0.2) is 24.3 Å². The molecule has 116 valence electrons. The number of nitrogens with one attached hydrogen (secondary N) is 1. The molecule has 3 rings (SSSR count). The lowest BCUT2D eigenvalue weighted by molar-refractivity contribution is 0.343. The van der Waals surface area contributed by atoms with Gasteiger partial charge in [-0.15, -0.1) is 0 Å². The molecule has 1 aromatic rings. The third kappa shape index (κ3) is 4.23. The summed E-state index contributed by atoms with van der Waals surface area (Å²) in [6.45, 7) is 4.74. The van der Waals surface area contributed by atoms with E-state index in [1.54, 1.807) is 5.56 Å². The molecule has 2 aliphatic rings. The lowest BCUT2D eigenvalue weighted by Crippen LogP contribution is -2.35. The fraction of sp³-hybridized carbons (Fsp3) is 0.684. The summed E-state index contributed by atoms with van der Waals surface area (Å²) >= 11 is 0. The minimum absolute atomic E-state index is 0.940. The SMILES string of the molecule is c1ccc2c(c1)CCCCN2CCNCC1CCCCC1. The van der Waals surface area contributed by atoms with E-state index in [1.165, 1.54) is 70.1 Å². The largest absolute Gasteiger partial charge is 0.370 e. The van der Waals surface area contributed by atoms with Crippen molar-refractivity contribution in [2.45, 2.75) is 51.4 Å². The summed E-state index contributed by atoms with van der Waals surface area (Å²) in [5.41, 5.74) is 3.02. The fourth-order valence-corrected chi connectivity index (χ4v) is 3.91. The normalized spacial score (nSPS) is 20.1. The van der Waals surface area contributed by atoms with Gasteiger partial charge in [0, 0.05) is 25.3 Å². The predicted octanol–water partition coefficient (Wildman–Crippen LogP) is 4.00. The Balaban J connectivity index is 1.46. The van der Waals surface area contributed by atoms with Crippen molar-refractivity contribution in [1.82, 2.24) is 5.32 Å². The van der Waals surface area contributed by atoms with Gasteiger partial charge in [0.05, 0.1) is 0 Å². The molecule has 1 saturated carbocycles. The monoisotopic (exact) mass is 286 g/mol. The van der Waals surface area contributed by atoms with Crippen molar-refractivity contribution in [1.29, 1.82) is 0 Å². The van der Waals surface area contributed by atoms with E-state index in [0.29, 0.717) is 0 Å². The Bertz CT molecular complexity index is 423. The molecule has 2 heteroatoms. The summed E-state index contributed by atoms with van der Waals surface area (Å²) in [5, 5.41) is 3.71. The average Bonchev–Trinajstić information content (AvgIpc) is 2.75. The summed E-state index contributed by atoms with van der Waals surface area (Å²) < 4.78 is 0. The van der Waals surface area contributed by atoms with E-state index in [2.05, 4.69) is 34.5 Å². The second kappa shape index (κ2) is 7.84. The molecule has 0 atom stereocenters. The Morgan fingerprint density at radius 3 is 2.76 bits per heavy atom. The molecule has 1 aliphatic carbocycles. The van der Waals surface area contributed by atoms with E-state index in [1.807, 2.05) is 0 Å². The zero-order valence-corrected chi connectivity index (χ0v) is 13.3. The highest BCUT2D eigenvalue weighted by Crippen LogP contribution is 2.26. The quantitative estimate of drug-likeness (QED) is 0.823. The molecule has 0 spiro atoms. The van der Waals surface area contributed by atoms with Crippen LogP contribution in [0.2, 0.25) is 0 Å². The van der Waals surface area contributed by atoms with Gasteiger partial charge in [-0.1, -0.05) is 37.5 Å². The first-order valence-corrected chi connectivity index (χ1v) is 8.97. The number of hydrogen-bond donors (Lipinski definition) is 1. The number of nitrogens with zero attached hydrogens (tertiary/aromatic N) is 1. The molecule has 1 aliphatic heterocycles. The number of anilines is 1. The van der Waals surface area contributed by atoms with E-state index in [9.17, 15) is 0 Å². The maximum atomic E-state index is 3.71. The van der Waals surface area contributed by atoms with Crippen LogP contribution < -0.4 is 10.2 Å². The Kier molecular flexibility index (Phi) is 5.56. The number of para-hydroxylation sites is 1. The number of aryl methyl sites for hydroxylation is 1. The summed E-state index contributed by atoms with van der Waals surface area (Å²) in [7, 11) is 0. The molecule has 0 radical (unpaired) electrons. The summed E-state index contributed by atoms with van der Waals surface area (Å²) in [6.07, 6.45) is 11.2. The van der Waals surface area contributed by atoms with Crippen molar-refractivity contribution in [3.63, 3.8) is 0 Å². The molecular weight excluding hydrogens is 256 g/mol. The standard InChI is InChI=1S/C19H30N2/c1-2-8-17(9-3-1)16-20-13-15-21-14-7-6-11-18-10-4-5-12-19(18)21/h4-5,10,12,17,20H,1-3,6-9,11,13-16H2. The molecule has 0 unspecified atom stereocenters. The van der Waals surface area contributed by atoms with Crippen LogP contribution in [0.3, 0.4) is 0 Å². The third-order valence-corrected chi connectivity index (χ3v) is 5.17. The van der Waals surface area contributed by atoms with Gasteiger partial charge < -0.3 is 10.2 Å². The lowest BCUT2D eigenvalue weighted by atomic mass is 9.89. The van der Waals surface area contributed by atoms with Crippen molar-refractivity contribution in [2.75, 3.05) is 31.1 Å². The third-order valence-electron chi connectivity index (χ3n) is 5.17. The number of rotatable bonds is 5. The van der Waals surface area contributed by atoms with Crippen molar-refractivity contribution in [3.05, 3.63) is 29.8 Å². The van der Waals surface area contributed by atoms with Gasteiger partial charge in [0.2, 0.25) is 0 Å². The van der Waals surface area contributed by atoms with Crippen LogP contribution >= 0.6 is 0 Å². The van der Waals surface area contributed by atoms with E-state index in [-0.39, 0.29) is 0 Å². The van der Waals surface area contributed by atoms with Crippen LogP contribution in [-0.2, 0) is 6.42 Å². The molecular formula is C19H30N2. The molecule has 0 amide bonds. The highest BCUT2D eigenvalue weighted by molar-refractivity contribution is 5.54. The second-order valence-electron chi connectivity index (χ2n) is 6.78. The van der Waals surface area contributed by atoms with Crippen LogP contribution in [-0.4, -0.2) is 26.2 Å². The molecule has 0 aromatic heterocycles. The van der Waals surface area contributed by atoms with Gasteiger partial charge in [-0.05, 0) is 56.2 Å². The van der Waals surface area contributed by atoms with Crippen molar-refractivity contribution in [2.24, 2.45) is 5.92 Å². The maximum absolute atomic E-state index is 3.71. The van der Waals surface area contributed by atoms with Crippen LogP contribution in [0.1, 0.15) is 50.5 Å². The van der Waals surface area contributed by atoms with E-state index >= 15 is 0 Å². The van der Waals surface area contributed by atoms with Crippen LogP contribution in [0.5, 0.6) is 0 Å². The lowest BCUT2D eigenvalue weighted by Gasteiger charge is -2.26. The highest BCUT2D eigenvalue weighted by Gasteiger charge is 2.15. The first-order chi connectivity index (χ1) is 10.4. The summed E-state index contributed by atoms with van der Waals surface area (Å²) in [4.78, 5) is 2.59. The smallest absolute Gasteiger partial charge is 0.0399 e. The second-order valence-corrected chi connectivity index (χ2v) is 6.78. The first-order valence-electron chi connectivity index (χ1n) is 8.97. The Morgan fingerprint density at radius 2 is 1.86 bits per heavy atom. The molecule has 0 bridgehead atoms. The van der Waals surface area contributed by atoms with E-state index in [0.717, 1.165) is 19.0 Å². The van der Waals surface area contributed by atoms with Gasteiger partial charge in [0.25, 0.3) is 0 Å². The van der Waals surface area contributed by atoms with Crippen LogP contribution in [0.25, 0.3) is 0 Å². The fourth-order valence-electron chi connectivity index (χ4n) is 3.91. The molecule has 1 fully saturated rings.